The Kier molecular flexibility index (Phi) is 3.87. The first kappa shape index (κ1) is 13.2. The zero-order chi connectivity index (χ0) is 13.8. The summed E-state index contributed by atoms with van der Waals surface area (Å²) < 4.78 is 12.9. The molecule has 0 unspecified atom stereocenters. The van der Waals surface area contributed by atoms with E-state index in [-0.39, 0.29) is 0 Å². The van der Waals surface area contributed by atoms with Gasteiger partial charge in [-0.15, -0.1) is 0 Å². The molecule has 0 bridgehead atoms. The smallest absolute Gasteiger partial charge is 0.323 e. The fraction of sp³-hybridized carbons (Fsp3) is 0. The van der Waals surface area contributed by atoms with Crippen LogP contribution in [0.1, 0.15) is 0 Å². The average Bonchev–Trinajstić information content (AvgIpc) is 2.33. The van der Waals surface area contributed by atoms with Crippen LogP contribution in [0.2, 0.25) is 5.02 Å². The topological polar surface area (TPSA) is 67.1 Å². The molecule has 98 valence electrons. The zero-order valence-electron chi connectivity index (χ0n) is 9.78. The largest absolute Gasteiger partial charge is 0.397 e. The molecule has 2 rings (SSSR count). The number of hydrogen-bond acceptors (Lipinski definition) is 2. The van der Waals surface area contributed by atoms with Gasteiger partial charge in [0.15, 0.2) is 0 Å². The fourth-order valence-electron chi connectivity index (χ4n) is 1.50. The summed E-state index contributed by atoms with van der Waals surface area (Å²) in [5, 5.41) is 5.52. The van der Waals surface area contributed by atoms with E-state index in [1.165, 1.54) is 24.3 Å². The van der Waals surface area contributed by atoms with Crippen LogP contribution in [0.25, 0.3) is 0 Å². The van der Waals surface area contributed by atoms with E-state index >= 15 is 0 Å². The van der Waals surface area contributed by atoms with E-state index in [2.05, 4.69) is 10.6 Å². The lowest BCUT2D eigenvalue weighted by Crippen LogP contribution is -2.20. The first-order chi connectivity index (χ1) is 9.04. The SMILES string of the molecule is Nc1cc(Cl)ccc1NC(=O)Nc1cccc(F)c1. The molecule has 19 heavy (non-hydrogen) atoms. The lowest BCUT2D eigenvalue weighted by molar-refractivity contribution is 0.262. The number of halogens is 2. The standard InChI is InChI=1S/C13H11ClFN3O/c14-8-4-5-12(11(16)6-8)18-13(19)17-10-3-1-2-9(15)7-10/h1-7H,16H2,(H2,17,18,19). The second-order valence-electron chi connectivity index (χ2n) is 3.82. The van der Waals surface area contributed by atoms with Gasteiger partial charge in [0.2, 0.25) is 0 Å². The molecule has 2 aromatic carbocycles. The minimum absolute atomic E-state index is 0.349. The van der Waals surface area contributed by atoms with E-state index in [0.29, 0.717) is 22.1 Å². The van der Waals surface area contributed by atoms with Crippen molar-refractivity contribution >= 4 is 34.7 Å². The first-order valence-electron chi connectivity index (χ1n) is 5.43. The molecule has 0 spiro atoms. The van der Waals surface area contributed by atoms with Crippen LogP contribution in [0.4, 0.5) is 26.2 Å². The summed E-state index contributed by atoms with van der Waals surface area (Å²) in [7, 11) is 0. The number of amides is 2. The number of benzene rings is 2. The summed E-state index contributed by atoms with van der Waals surface area (Å²) in [4.78, 5) is 11.7. The van der Waals surface area contributed by atoms with Gasteiger partial charge < -0.3 is 16.4 Å². The monoisotopic (exact) mass is 279 g/mol. The molecule has 0 aliphatic carbocycles. The number of nitrogens with one attached hydrogen (secondary N) is 2. The second-order valence-corrected chi connectivity index (χ2v) is 4.26. The van der Waals surface area contributed by atoms with Crippen molar-refractivity contribution in [2.75, 3.05) is 16.4 Å². The molecule has 0 aliphatic rings. The molecule has 2 amide bonds. The van der Waals surface area contributed by atoms with E-state index < -0.39 is 11.8 Å². The van der Waals surface area contributed by atoms with E-state index in [4.69, 9.17) is 17.3 Å². The van der Waals surface area contributed by atoms with E-state index in [1.807, 2.05) is 0 Å². The van der Waals surface area contributed by atoms with Crippen LogP contribution in [0.5, 0.6) is 0 Å². The second kappa shape index (κ2) is 5.58. The number of nitrogens with two attached hydrogens (primary N) is 1. The predicted octanol–water partition coefficient (Wildman–Crippen LogP) is 3.71. The van der Waals surface area contributed by atoms with Crippen LogP contribution >= 0.6 is 11.6 Å². The van der Waals surface area contributed by atoms with Crippen molar-refractivity contribution in [3.05, 3.63) is 53.3 Å². The van der Waals surface area contributed by atoms with Crippen molar-refractivity contribution in [2.24, 2.45) is 0 Å². The Labute approximate surface area is 114 Å². The van der Waals surface area contributed by atoms with Crippen molar-refractivity contribution in [2.45, 2.75) is 0 Å². The number of nitrogen functional groups attached to an aromatic ring is 1. The van der Waals surface area contributed by atoms with E-state index in [1.54, 1.807) is 18.2 Å². The number of hydrogen-bond donors (Lipinski definition) is 3. The highest BCUT2D eigenvalue weighted by Gasteiger charge is 2.06. The Morgan fingerprint density at radius 2 is 1.95 bits per heavy atom. The normalized spacial score (nSPS) is 10.0. The Morgan fingerprint density at radius 1 is 1.16 bits per heavy atom. The number of carbonyl (C=O) groups excluding carboxylic acids is 1. The molecule has 0 saturated carbocycles. The third-order valence-electron chi connectivity index (χ3n) is 2.34. The fourth-order valence-corrected chi connectivity index (χ4v) is 1.68. The van der Waals surface area contributed by atoms with Crippen LogP contribution in [-0.2, 0) is 0 Å². The summed E-state index contributed by atoms with van der Waals surface area (Å²) in [6.45, 7) is 0. The van der Waals surface area contributed by atoms with Crippen molar-refractivity contribution in [3.8, 4) is 0 Å². The number of anilines is 3. The maximum absolute atomic E-state index is 12.9. The lowest BCUT2D eigenvalue weighted by atomic mass is 10.2. The van der Waals surface area contributed by atoms with Crippen LogP contribution in [0.3, 0.4) is 0 Å². The van der Waals surface area contributed by atoms with Crippen LogP contribution < -0.4 is 16.4 Å². The number of urea groups is 1. The maximum atomic E-state index is 12.9. The van der Waals surface area contributed by atoms with Gasteiger partial charge in [-0.1, -0.05) is 17.7 Å². The molecule has 0 atom stereocenters. The summed E-state index contributed by atoms with van der Waals surface area (Å²) >= 11 is 5.75. The zero-order valence-corrected chi connectivity index (χ0v) is 10.5. The summed E-state index contributed by atoms with van der Waals surface area (Å²) in [5.41, 5.74) is 6.83. The minimum Gasteiger partial charge on any atom is -0.397 e. The van der Waals surface area contributed by atoms with Gasteiger partial charge in [0.05, 0.1) is 11.4 Å². The molecule has 0 aromatic heterocycles. The first-order valence-corrected chi connectivity index (χ1v) is 5.81. The average molecular weight is 280 g/mol. The Hall–Kier alpha value is -2.27. The summed E-state index contributed by atoms with van der Waals surface area (Å²) in [5.74, 6) is -0.427. The number of carbonyl (C=O) groups is 1. The van der Waals surface area contributed by atoms with E-state index in [0.717, 1.165) is 0 Å². The molecule has 6 heteroatoms. The van der Waals surface area contributed by atoms with Gasteiger partial charge in [-0.2, -0.15) is 0 Å². The molecule has 4 N–H and O–H groups in total. The maximum Gasteiger partial charge on any atom is 0.323 e. The lowest BCUT2D eigenvalue weighted by Gasteiger charge is -2.10. The van der Waals surface area contributed by atoms with Gasteiger partial charge in [-0.3, -0.25) is 0 Å². The Morgan fingerprint density at radius 3 is 2.63 bits per heavy atom. The highest BCUT2D eigenvalue weighted by molar-refractivity contribution is 6.31. The summed E-state index contributed by atoms with van der Waals surface area (Å²) in [6, 6.07) is 9.79. The minimum atomic E-state index is -0.514. The summed E-state index contributed by atoms with van der Waals surface area (Å²) in [6.07, 6.45) is 0. The van der Waals surface area contributed by atoms with Gasteiger partial charge in [-0.05, 0) is 36.4 Å². The molecule has 0 fully saturated rings. The molecular weight excluding hydrogens is 269 g/mol. The van der Waals surface area contributed by atoms with E-state index in [9.17, 15) is 9.18 Å². The van der Waals surface area contributed by atoms with Crippen molar-refractivity contribution in [3.63, 3.8) is 0 Å². The quantitative estimate of drug-likeness (QED) is 0.734. The molecule has 4 nitrogen and oxygen atoms in total. The number of rotatable bonds is 2. The predicted molar refractivity (Wildman–Crippen MR) is 74.9 cm³/mol. The Bertz CT molecular complexity index is 619. The van der Waals surface area contributed by atoms with Gasteiger partial charge in [-0.25, -0.2) is 9.18 Å². The Balaban J connectivity index is 2.05. The van der Waals surface area contributed by atoms with Crippen molar-refractivity contribution in [1.29, 1.82) is 0 Å². The molecule has 2 aromatic rings. The van der Waals surface area contributed by atoms with Crippen LogP contribution in [0, 0.1) is 5.82 Å². The van der Waals surface area contributed by atoms with Crippen molar-refractivity contribution in [1.82, 2.24) is 0 Å². The molecule has 0 radical (unpaired) electrons. The molecular formula is C13H11ClFN3O. The van der Waals surface area contributed by atoms with Crippen molar-refractivity contribution < 1.29 is 9.18 Å². The third-order valence-corrected chi connectivity index (χ3v) is 2.58. The third kappa shape index (κ3) is 3.59. The van der Waals surface area contributed by atoms with Gasteiger partial charge in [0.1, 0.15) is 5.82 Å². The molecule has 0 heterocycles. The molecule has 0 saturated heterocycles. The van der Waals surface area contributed by atoms with Gasteiger partial charge in [0.25, 0.3) is 0 Å². The highest BCUT2D eigenvalue weighted by atomic mass is 35.5. The van der Waals surface area contributed by atoms with Gasteiger partial charge in [0, 0.05) is 10.7 Å². The van der Waals surface area contributed by atoms with Gasteiger partial charge >= 0.3 is 6.03 Å². The van der Waals surface area contributed by atoms with Crippen LogP contribution in [-0.4, -0.2) is 6.03 Å². The highest BCUT2D eigenvalue weighted by Crippen LogP contribution is 2.22. The molecule has 0 aliphatic heterocycles. The van der Waals surface area contributed by atoms with Crippen LogP contribution in [0.15, 0.2) is 42.5 Å².